The fourth-order valence-corrected chi connectivity index (χ4v) is 7.21. The van der Waals surface area contributed by atoms with Gasteiger partial charge in [0.25, 0.3) is 10.6 Å². The Kier molecular flexibility index (Phi) is 8.65. The second-order valence-electron chi connectivity index (χ2n) is 11.9. The van der Waals surface area contributed by atoms with Gasteiger partial charge in [0.1, 0.15) is 11.5 Å². The third-order valence-electron chi connectivity index (χ3n) is 8.31. The number of aromatic nitrogens is 5. The molecule has 13 heteroatoms. The van der Waals surface area contributed by atoms with Crippen LogP contribution in [0.15, 0.2) is 105 Å². The maximum Gasteiger partial charge on any atom is 0.293 e. The van der Waals surface area contributed by atoms with E-state index in [4.69, 9.17) is 9.40 Å². The van der Waals surface area contributed by atoms with Crippen molar-refractivity contribution in [2.24, 2.45) is 0 Å². The minimum Gasteiger partial charge on any atom is -0.605 e. The number of rotatable bonds is 8. The van der Waals surface area contributed by atoms with Crippen molar-refractivity contribution in [2.45, 2.75) is 49.3 Å². The first-order valence-electron chi connectivity index (χ1n) is 15.5. The van der Waals surface area contributed by atoms with E-state index in [2.05, 4.69) is 39.4 Å². The highest BCUT2D eigenvalue weighted by atomic mass is 32.2. The van der Waals surface area contributed by atoms with Crippen LogP contribution < -0.4 is 21.1 Å². The minimum atomic E-state index is -1.68. The van der Waals surface area contributed by atoms with Crippen molar-refractivity contribution in [3.63, 3.8) is 0 Å². The summed E-state index contributed by atoms with van der Waals surface area (Å²) in [4.78, 5) is 34.2. The third-order valence-corrected chi connectivity index (χ3v) is 9.69. The first-order chi connectivity index (χ1) is 23.2. The standard InChI is InChI=1S/C35H33FN8O3S/c1-21-6-4-5-7-27(21)28-14-24-16-38-35(41-25-8-9-30(29(36)15-25)43-17-22(2)40-23(3)18-43)42-32(24)44(34(28)45)19-31-33(39-20-47-31)48(46)26-10-12-37-13-11-26/h4-16,20,22-23,40H,17-19H2,1-3H3,(H,38,41,42)/t22-,23+,48?. The molecule has 0 radical (unpaired) electrons. The summed E-state index contributed by atoms with van der Waals surface area (Å²) in [5, 5.41) is 7.35. The van der Waals surface area contributed by atoms with Crippen molar-refractivity contribution in [2.75, 3.05) is 23.3 Å². The van der Waals surface area contributed by atoms with Crippen molar-refractivity contribution in [1.29, 1.82) is 0 Å². The summed E-state index contributed by atoms with van der Waals surface area (Å²) in [7, 11) is 0. The quantitative estimate of drug-likeness (QED) is 0.203. The molecule has 0 amide bonds. The zero-order valence-electron chi connectivity index (χ0n) is 26.6. The molecule has 0 aliphatic carbocycles. The van der Waals surface area contributed by atoms with E-state index in [0.717, 1.165) is 11.1 Å². The summed E-state index contributed by atoms with van der Waals surface area (Å²) in [5.74, 6) is 0.0636. The predicted molar refractivity (Wildman–Crippen MR) is 182 cm³/mol. The SMILES string of the molecule is Cc1ccccc1-c1cc2cnc(Nc3ccc(N4C[C@@H](C)N[C@@H](C)C4)c(F)c3)nc2n(Cc2ocnc2[S+]([O-])c2ccncc2)c1=O. The Morgan fingerprint density at radius 3 is 2.56 bits per heavy atom. The summed E-state index contributed by atoms with van der Waals surface area (Å²) < 4.78 is 36.0. The van der Waals surface area contributed by atoms with Crippen LogP contribution in [-0.2, 0) is 17.7 Å². The maximum absolute atomic E-state index is 15.4. The van der Waals surface area contributed by atoms with Crippen LogP contribution in [0.3, 0.4) is 0 Å². The van der Waals surface area contributed by atoms with Gasteiger partial charge in [0.2, 0.25) is 11.7 Å². The molecule has 1 aliphatic rings. The van der Waals surface area contributed by atoms with Gasteiger partial charge in [0, 0.05) is 83.7 Å². The van der Waals surface area contributed by atoms with E-state index in [1.54, 1.807) is 48.9 Å². The number of fused-ring (bicyclic) bond motifs is 1. The number of oxazole rings is 1. The zero-order valence-corrected chi connectivity index (χ0v) is 27.4. The Hall–Kier alpha value is -5.11. The Balaban J connectivity index is 1.27. The van der Waals surface area contributed by atoms with Crippen LogP contribution in [0.4, 0.5) is 21.7 Å². The number of benzene rings is 2. The number of piperazine rings is 1. The molecule has 11 nitrogen and oxygen atoms in total. The lowest BCUT2D eigenvalue weighted by molar-refractivity contribution is 0.404. The number of hydrogen-bond donors (Lipinski definition) is 2. The zero-order chi connectivity index (χ0) is 33.4. The van der Waals surface area contributed by atoms with E-state index in [-0.39, 0.29) is 46.7 Å². The molecule has 3 atom stereocenters. The highest BCUT2D eigenvalue weighted by Gasteiger charge is 2.27. The highest BCUT2D eigenvalue weighted by molar-refractivity contribution is 7.91. The number of halogens is 1. The second-order valence-corrected chi connectivity index (χ2v) is 13.3. The fourth-order valence-electron chi connectivity index (χ4n) is 6.16. The molecule has 1 aliphatic heterocycles. The summed E-state index contributed by atoms with van der Waals surface area (Å²) >= 11 is -1.68. The number of nitrogens with zero attached hydrogens (tertiary/aromatic N) is 6. The number of pyridine rings is 2. The Labute approximate surface area is 279 Å². The molecule has 6 aromatic rings. The van der Waals surface area contributed by atoms with Crippen molar-refractivity contribution < 1.29 is 13.4 Å². The number of nitrogens with one attached hydrogen (secondary N) is 2. The molecule has 2 N–H and O–H groups in total. The van der Waals surface area contributed by atoms with Gasteiger partial charge in [-0.1, -0.05) is 24.3 Å². The van der Waals surface area contributed by atoms with E-state index >= 15 is 4.39 Å². The molecule has 7 rings (SSSR count). The molecule has 5 heterocycles. The first-order valence-corrected chi connectivity index (χ1v) is 16.7. The molecule has 0 bridgehead atoms. The van der Waals surface area contributed by atoms with Gasteiger partial charge in [0.05, 0.1) is 12.2 Å². The van der Waals surface area contributed by atoms with Crippen LogP contribution in [0.1, 0.15) is 25.2 Å². The third kappa shape index (κ3) is 6.27. The van der Waals surface area contributed by atoms with E-state index < -0.39 is 11.2 Å². The Morgan fingerprint density at radius 1 is 1.04 bits per heavy atom. The molecule has 1 fully saturated rings. The van der Waals surface area contributed by atoms with Gasteiger partial charge < -0.3 is 24.5 Å². The second kappa shape index (κ2) is 13.2. The molecule has 48 heavy (non-hydrogen) atoms. The summed E-state index contributed by atoms with van der Waals surface area (Å²) in [6.45, 7) is 7.41. The van der Waals surface area contributed by atoms with Crippen LogP contribution in [0.25, 0.3) is 22.2 Å². The lowest BCUT2D eigenvalue weighted by atomic mass is 10.0. The van der Waals surface area contributed by atoms with E-state index in [9.17, 15) is 9.35 Å². The van der Waals surface area contributed by atoms with Gasteiger partial charge in [-0.05, 0) is 56.2 Å². The number of anilines is 3. The van der Waals surface area contributed by atoms with Gasteiger partial charge in [-0.15, -0.1) is 0 Å². The lowest BCUT2D eigenvalue weighted by Gasteiger charge is -2.37. The Bertz CT molecular complexity index is 2150. The normalized spacial score (nSPS) is 17.1. The summed E-state index contributed by atoms with van der Waals surface area (Å²) in [5.41, 5.74) is 3.13. The van der Waals surface area contributed by atoms with E-state index in [1.165, 1.54) is 17.0 Å². The van der Waals surface area contributed by atoms with E-state index in [1.807, 2.05) is 36.1 Å². The van der Waals surface area contributed by atoms with Gasteiger partial charge in [-0.2, -0.15) is 9.97 Å². The average molecular weight is 665 g/mol. The van der Waals surface area contributed by atoms with E-state index in [0.29, 0.717) is 46.0 Å². The minimum absolute atomic E-state index is 0.0947. The number of hydrogen-bond acceptors (Lipinski definition) is 10. The van der Waals surface area contributed by atoms with Gasteiger partial charge >= 0.3 is 0 Å². The molecular weight excluding hydrogens is 632 g/mol. The molecule has 2 aromatic carbocycles. The lowest BCUT2D eigenvalue weighted by Crippen LogP contribution is -2.54. The molecule has 4 aromatic heterocycles. The van der Waals surface area contributed by atoms with Crippen molar-refractivity contribution in [1.82, 2.24) is 29.8 Å². The summed E-state index contributed by atoms with van der Waals surface area (Å²) in [6, 6.07) is 18.1. The van der Waals surface area contributed by atoms with Crippen LogP contribution in [0.5, 0.6) is 0 Å². The van der Waals surface area contributed by atoms with Crippen molar-refractivity contribution in [3.8, 4) is 11.1 Å². The van der Waals surface area contributed by atoms with Crippen LogP contribution in [-0.4, -0.2) is 54.2 Å². The Morgan fingerprint density at radius 2 is 1.81 bits per heavy atom. The molecule has 0 spiro atoms. The van der Waals surface area contributed by atoms with Gasteiger partial charge in [0.15, 0.2) is 11.3 Å². The predicted octanol–water partition coefficient (Wildman–Crippen LogP) is 5.43. The van der Waals surface area contributed by atoms with Gasteiger partial charge in [-0.3, -0.25) is 14.3 Å². The fraction of sp³-hybridized carbons (Fsp3) is 0.229. The van der Waals surface area contributed by atoms with Crippen molar-refractivity contribution >= 4 is 39.5 Å². The molecular formula is C35H33FN8O3S. The smallest absolute Gasteiger partial charge is 0.293 e. The van der Waals surface area contributed by atoms with Crippen LogP contribution in [0.2, 0.25) is 0 Å². The number of aryl methyl sites for hydroxylation is 1. The van der Waals surface area contributed by atoms with Crippen LogP contribution >= 0.6 is 0 Å². The molecule has 1 unspecified atom stereocenters. The average Bonchev–Trinajstić information content (AvgIpc) is 3.54. The first kappa shape index (κ1) is 31.5. The largest absolute Gasteiger partial charge is 0.605 e. The van der Waals surface area contributed by atoms with Gasteiger partial charge in [-0.25, -0.2) is 9.37 Å². The monoisotopic (exact) mass is 664 g/mol. The van der Waals surface area contributed by atoms with Crippen molar-refractivity contribution in [3.05, 3.63) is 113 Å². The molecule has 1 saturated heterocycles. The molecule has 0 saturated carbocycles. The summed E-state index contributed by atoms with van der Waals surface area (Å²) in [6.07, 6.45) is 5.93. The highest BCUT2D eigenvalue weighted by Crippen LogP contribution is 2.29. The van der Waals surface area contributed by atoms with Crippen LogP contribution in [0, 0.1) is 12.7 Å². The molecule has 244 valence electrons. The maximum atomic E-state index is 15.4. The topological polar surface area (TPSA) is 137 Å².